The highest BCUT2D eigenvalue weighted by Crippen LogP contribution is 2.21. The Morgan fingerprint density at radius 2 is 2.00 bits per heavy atom. The van der Waals surface area contributed by atoms with Gasteiger partial charge in [-0.3, -0.25) is 0 Å². The first kappa shape index (κ1) is 18.0. The number of aromatic nitrogens is 2. The van der Waals surface area contributed by atoms with Gasteiger partial charge in [0.25, 0.3) is 0 Å². The van der Waals surface area contributed by atoms with Gasteiger partial charge in [-0.05, 0) is 48.9 Å². The van der Waals surface area contributed by atoms with Gasteiger partial charge in [-0.25, -0.2) is 19.2 Å². The number of halogens is 1. The van der Waals surface area contributed by atoms with Gasteiger partial charge in [0.1, 0.15) is 24.2 Å². The monoisotopic (exact) mass is 363 g/mol. The third-order valence-electron chi connectivity index (χ3n) is 3.88. The van der Waals surface area contributed by atoms with E-state index in [1.54, 1.807) is 43.3 Å². The second kappa shape index (κ2) is 7.62. The van der Waals surface area contributed by atoms with E-state index in [0.29, 0.717) is 22.8 Å². The van der Waals surface area contributed by atoms with Crippen LogP contribution in [-0.4, -0.2) is 21.0 Å². The molecule has 0 fully saturated rings. The number of nitriles is 1. The molecule has 0 saturated carbocycles. The zero-order valence-corrected chi connectivity index (χ0v) is 14.3. The molecule has 0 spiro atoms. The van der Waals surface area contributed by atoms with Crippen LogP contribution in [0, 0.1) is 24.1 Å². The highest BCUT2D eigenvalue weighted by atomic mass is 19.1. The van der Waals surface area contributed by atoms with Crippen LogP contribution in [0.4, 0.5) is 4.39 Å². The van der Waals surface area contributed by atoms with E-state index in [2.05, 4.69) is 9.97 Å². The zero-order chi connectivity index (χ0) is 19.4. The van der Waals surface area contributed by atoms with Crippen molar-refractivity contribution in [1.82, 2.24) is 9.97 Å². The number of carboxylic acid groups (broad SMARTS) is 1. The highest BCUT2D eigenvalue weighted by molar-refractivity contribution is 5.88. The number of hydrogen-bond acceptors (Lipinski definition) is 5. The topological polar surface area (TPSA) is 96.1 Å². The molecule has 0 saturated heterocycles. The molecule has 27 heavy (non-hydrogen) atoms. The summed E-state index contributed by atoms with van der Waals surface area (Å²) in [5, 5.41) is 17.9. The molecular formula is C20H14FN3O3. The smallest absolute Gasteiger partial charge is 0.339 e. The molecule has 0 bridgehead atoms. The van der Waals surface area contributed by atoms with E-state index in [0.717, 1.165) is 5.56 Å². The van der Waals surface area contributed by atoms with Crippen molar-refractivity contribution in [1.29, 1.82) is 5.26 Å². The van der Waals surface area contributed by atoms with Crippen molar-refractivity contribution in [2.24, 2.45) is 0 Å². The Morgan fingerprint density at radius 3 is 2.63 bits per heavy atom. The number of carbonyl (C=O) groups is 1. The quantitative estimate of drug-likeness (QED) is 0.742. The number of carboxylic acids is 1. The lowest BCUT2D eigenvalue weighted by atomic mass is 10.1. The summed E-state index contributed by atoms with van der Waals surface area (Å²) >= 11 is 0. The molecule has 1 N–H and O–H groups in total. The average Bonchev–Trinajstić information content (AvgIpc) is 2.67. The van der Waals surface area contributed by atoms with Gasteiger partial charge < -0.3 is 9.84 Å². The van der Waals surface area contributed by atoms with E-state index >= 15 is 0 Å². The van der Waals surface area contributed by atoms with Crippen molar-refractivity contribution in [3.63, 3.8) is 0 Å². The summed E-state index contributed by atoms with van der Waals surface area (Å²) in [6, 6.07) is 13.0. The van der Waals surface area contributed by atoms with Crippen LogP contribution < -0.4 is 4.74 Å². The first-order valence-electron chi connectivity index (χ1n) is 7.96. The molecule has 0 aliphatic heterocycles. The Bertz CT molecular complexity index is 1040. The first-order chi connectivity index (χ1) is 13.0. The van der Waals surface area contributed by atoms with Gasteiger partial charge in [0.15, 0.2) is 5.82 Å². The number of aromatic carboxylic acids is 1. The number of benzene rings is 2. The Morgan fingerprint density at radius 1 is 1.26 bits per heavy atom. The van der Waals surface area contributed by atoms with E-state index in [4.69, 9.17) is 15.1 Å². The van der Waals surface area contributed by atoms with Crippen LogP contribution in [0.1, 0.15) is 27.2 Å². The maximum atomic E-state index is 13.3. The molecular weight excluding hydrogens is 349 g/mol. The fraction of sp³-hybridized carbons (Fsp3) is 0.100. The summed E-state index contributed by atoms with van der Waals surface area (Å²) in [7, 11) is 0. The van der Waals surface area contributed by atoms with Crippen LogP contribution in [0.5, 0.6) is 5.75 Å². The minimum atomic E-state index is -1.07. The molecule has 7 heteroatoms. The van der Waals surface area contributed by atoms with Gasteiger partial charge in [0, 0.05) is 11.8 Å². The van der Waals surface area contributed by atoms with E-state index < -0.39 is 11.8 Å². The molecule has 0 unspecified atom stereocenters. The number of nitrogens with zero attached hydrogens (tertiary/aromatic N) is 3. The van der Waals surface area contributed by atoms with Crippen LogP contribution in [-0.2, 0) is 6.61 Å². The lowest BCUT2D eigenvalue weighted by Gasteiger charge is -2.08. The third kappa shape index (κ3) is 4.07. The minimum Gasteiger partial charge on any atom is -0.489 e. The SMILES string of the molecule is Cc1nc(-c2ccc(OCc3ccc(F)c(C#N)c3)cc2)ncc1C(=O)O. The second-order valence-electron chi connectivity index (χ2n) is 5.74. The van der Waals surface area contributed by atoms with Gasteiger partial charge in [-0.2, -0.15) is 5.26 Å². The summed E-state index contributed by atoms with van der Waals surface area (Å²) in [5.74, 6) is -0.625. The van der Waals surface area contributed by atoms with E-state index in [1.165, 1.54) is 18.3 Å². The molecule has 0 aliphatic carbocycles. The molecule has 0 radical (unpaired) electrons. The molecule has 134 valence electrons. The number of aryl methyl sites for hydroxylation is 1. The number of rotatable bonds is 5. The Labute approximate surface area is 154 Å². The number of ether oxygens (including phenoxy) is 1. The molecule has 0 aliphatic rings. The Hall–Kier alpha value is -3.79. The lowest BCUT2D eigenvalue weighted by Crippen LogP contribution is -2.04. The van der Waals surface area contributed by atoms with Crippen molar-refractivity contribution in [3.05, 3.63) is 76.9 Å². The average molecular weight is 363 g/mol. The van der Waals surface area contributed by atoms with E-state index in [9.17, 15) is 9.18 Å². The van der Waals surface area contributed by atoms with Crippen molar-refractivity contribution in [2.45, 2.75) is 13.5 Å². The van der Waals surface area contributed by atoms with Gasteiger partial charge in [-0.1, -0.05) is 6.07 Å². The predicted molar refractivity (Wildman–Crippen MR) is 94.6 cm³/mol. The largest absolute Gasteiger partial charge is 0.489 e. The van der Waals surface area contributed by atoms with E-state index in [-0.39, 0.29) is 17.7 Å². The maximum Gasteiger partial charge on any atom is 0.339 e. The summed E-state index contributed by atoms with van der Waals surface area (Å²) in [6.45, 7) is 1.81. The standard InChI is InChI=1S/C20H14FN3O3/c1-12-17(20(25)26)10-23-19(24-12)14-3-5-16(6-4-14)27-11-13-2-7-18(21)15(8-13)9-22/h2-8,10H,11H2,1H3,(H,25,26). The molecule has 0 atom stereocenters. The lowest BCUT2D eigenvalue weighted by molar-refractivity contribution is 0.0695. The van der Waals surface area contributed by atoms with Crippen LogP contribution >= 0.6 is 0 Å². The zero-order valence-electron chi connectivity index (χ0n) is 14.3. The highest BCUT2D eigenvalue weighted by Gasteiger charge is 2.11. The van der Waals surface area contributed by atoms with Crippen molar-refractivity contribution >= 4 is 5.97 Å². The Kier molecular flexibility index (Phi) is 5.08. The first-order valence-corrected chi connectivity index (χ1v) is 7.96. The van der Waals surface area contributed by atoms with E-state index in [1.807, 2.05) is 0 Å². The molecule has 2 aromatic carbocycles. The molecule has 3 aromatic rings. The van der Waals surface area contributed by atoms with Crippen LogP contribution in [0.15, 0.2) is 48.7 Å². The summed E-state index contributed by atoms with van der Waals surface area (Å²) in [5.41, 5.74) is 1.83. The van der Waals surface area contributed by atoms with Crippen molar-refractivity contribution in [2.75, 3.05) is 0 Å². The Balaban J connectivity index is 1.71. The molecule has 1 aromatic heterocycles. The summed E-state index contributed by atoms with van der Waals surface area (Å²) in [6.07, 6.45) is 1.28. The number of hydrogen-bond donors (Lipinski definition) is 1. The normalized spacial score (nSPS) is 10.3. The fourth-order valence-corrected chi connectivity index (χ4v) is 2.43. The van der Waals surface area contributed by atoms with Crippen LogP contribution in [0.2, 0.25) is 0 Å². The summed E-state index contributed by atoms with van der Waals surface area (Å²) in [4.78, 5) is 19.3. The minimum absolute atomic E-state index is 0.0243. The molecule has 1 heterocycles. The molecule has 3 rings (SSSR count). The van der Waals surface area contributed by atoms with Gasteiger partial charge in [0.05, 0.1) is 16.8 Å². The second-order valence-corrected chi connectivity index (χ2v) is 5.74. The predicted octanol–water partition coefficient (Wildman–Crippen LogP) is 3.74. The maximum absolute atomic E-state index is 13.3. The molecule has 6 nitrogen and oxygen atoms in total. The van der Waals surface area contributed by atoms with Gasteiger partial charge in [0.2, 0.25) is 0 Å². The fourth-order valence-electron chi connectivity index (χ4n) is 2.43. The van der Waals surface area contributed by atoms with Crippen molar-refractivity contribution < 1.29 is 19.0 Å². The van der Waals surface area contributed by atoms with Crippen LogP contribution in [0.25, 0.3) is 11.4 Å². The third-order valence-corrected chi connectivity index (χ3v) is 3.88. The van der Waals surface area contributed by atoms with Crippen LogP contribution in [0.3, 0.4) is 0 Å². The van der Waals surface area contributed by atoms with Gasteiger partial charge in [-0.15, -0.1) is 0 Å². The van der Waals surface area contributed by atoms with Gasteiger partial charge >= 0.3 is 5.97 Å². The summed E-state index contributed by atoms with van der Waals surface area (Å²) < 4.78 is 19.0. The molecule has 0 amide bonds. The van der Waals surface area contributed by atoms with Crippen molar-refractivity contribution in [3.8, 4) is 23.2 Å².